The molecule has 1 heterocycles. The Morgan fingerprint density at radius 3 is 2.11 bits per heavy atom. The summed E-state index contributed by atoms with van der Waals surface area (Å²) in [6.45, 7) is 7.13. The number of benzene rings is 1. The van der Waals surface area contributed by atoms with E-state index >= 15 is 0 Å². The maximum absolute atomic E-state index is 8.28. The molecule has 2 aliphatic rings. The first-order valence-electron chi connectivity index (χ1n) is 10.4. The fourth-order valence-electron chi connectivity index (χ4n) is 1.68. The average molecular weight is 253 g/mol. The molecular weight excluding hydrogens is 223 g/mol. The van der Waals surface area contributed by atoms with Crippen molar-refractivity contribution in [1.82, 2.24) is 0 Å². The molecule has 1 aliphatic heterocycles. The van der Waals surface area contributed by atoms with Gasteiger partial charge in [0.1, 0.15) is 0 Å². The molecule has 0 spiro atoms. The van der Waals surface area contributed by atoms with E-state index in [1.54, 1.807) is 27.7 Å². The van der Waals surface area contributed by atoms with Gasteiger partial charge in [0.25, 0.3) is 0 Å². The second kappa shape index (κ2) is 3.85. The van der Waals surface area contributed by atoms with E-state index in [1.807, 2.05) is 0 Å². The number of hydrogen-bond acceptors (Lipinski definition) is 2. The first kappa shape index (κ1) is 5.68. The normalized spacial score (nSPS) is 40.0. The van der Waals surface area contributed by atoms with Crippen molar-refractivity contribution in [3.63, 3.8) is 0 Å². The Hall–Kier alpha value is -0.795. The van der Waals surface area contributed by atoms with Gasteiger partial charge in [0.2, 0.25) is 0 Å². The summed E-state index contributed by atoms with van der Waals surface area (Å²) in [6.07, 6.45) is -5.26. The lowest BCUT2D eigenvalue weighted by Gasteiger charge is -2.32. The fraction of sp³-hybridized carbons (Fsp3) is 0.600. The largest absolute Gasteiger partial charge is 0.494 e. The van der Waals surface area contributed by atoms with E-state index in [0.29, 0.717) is 0 Å². The van der Waals surface area contributed by atoms with Crippen molar-refractivity contribution < 1.29 is 21.6 Å². The lowest BCUT2D eigenvalue weighted by Crippen LogP contribution is -2.41. The predicted octanol–water partition coefficient (Wildman–Crippen LogP) is 2.86. The van der Waals surface area contributed by atoms with Gasteiger partial charge in [0, 0.05) is 6.85 Å². The minimum absolute atomic E-state index is 0.141. The molecule has 3 heteroatoms. The zero-order valence-corrected chi connectivity index (χ0v) is 10.9. The fourth-order valence-corrected chi connectivity index (χ4v) is 1.68. The van der Waals surface area contributed by atoms with Crippen LogP contribution in [0.1, 0.15) is 64.2 Å². The topological polar surface area (TPSA) is 18.5 Å². The summed E-state index contributed by atoms with van der Waals surface area (Å²) in [5.74, 6) is -2.52. The predicted molar refractivity (Wildman–Crippen MR) is 74.1 cm³/mol. The van der Waals surface area contributed by atoms with Crippen LogP contribution in [0.25, 0.3) is 0 Å². The van der Waals surface area contributed by atoms with E-state index in [1.165, 1.54) is 0 Å². The summed E-state index contributed by atoms with van der Waals surface area (Å²) in [5, 5.41) is 0. The Bertz CT molecular complexity index is 778. The minimum atomic E-state index is -2.63. The van der Waals surface area contributed by atoms with Crippen LogP contribution in [0, 0.1) is 0 Å². The third kappa shape index (κ3) is 2.00. The standard InChI is InChI=1S/C15H21BO2/c1-14(2)15(3,4)18-16(17-14)13-9-7-12(8-10-13)11-5-6-11/h7-11H,5-6H2,1-4H3/i5D2,6D2,7D,8D,9D,10D,11D. The maximum atomic E-state index is 8.28. The molecule has 0 radical (unpaired) electrons. The summed E-state index contributed by atoms with van der Waals surface area (Å²) in [7, 11) is -1.16. The molecule has 1 saturated heterocycles. The van der Waals surface area contributed by atoms with Crippen LogP contribution >= 0.6 is 0 Å². The van der Waals surface area contributed by atoms with Crippen molar-refractivity contribution in [3.8, 4) is 0 Å². The van der Waals surface area contributed by atoms with Crippen molar-refractivity contribution in [2.75, 3.05) is 0 Å². The molecule has 0 atom stereocenters. The summed E-state index contributed by atoms with van der Waals surface area (Å²) in [6, 6.07) is -2.34. The summed E-state index contributed by atoms with van der Waals surface area (Å²) < 4.78 is 84.0. The van der Waals surface area contributed by atoms with Gasteiger partial charge in [-0.05, 0) is 57.4 Å². The molecule has 0 aromatic heterocycles. The highest BCUT2D eigenvalue weighted by Crippen LogP contribution is 2.40. The SMILES string of the molecule is [2H]c1c([2H])c(C2([2H])C([2H])([2H])C2([2H])[2H])c([2H])c([2H])c1B1OC(C)(C)C(C)(C)O1. The number of rotatable bonds is 2. The summed E-state index contributed by atoms with van der Waals surface area (Å²) in [4.78, 5) is 0. The van der Waals surface area contributed by atoms with Gasteiger partial charge in [0.05, 0.1) is 16.7 Å². The summed E-state index contributed by atoms with van der Waals surface area (Å²) in [5.41, 5.74) is -2.26. The molecule has 2 fully saturated rings. The highest BCUT2D eigenvalue weighted by Gasteiger charge is 2.51. The molecule has 1 aromatic carbocycles. The van der Waals surface area contributed by atoms with Crippen LogP contribution in [0.4, 0.5) is 0 Å². The Kier molecular flexibility index (Phi) is 1.21. The Balaban J connectivity index is 2.18. The van der Waals surface area contributed by atoms with Gasteiger partial charge in [-0.25, -0.2) is 0 Å². The highest BCUT2D eigenvalue weighted by atomic mass is 16.7. The Morgan fingerprint density at radius 1 is 1.17 bits per heavy atom. The molecule has 0 N–H and O–H groups in total. The van der Waals surface area contributed by atoms with Gasteiger partial charge in [-0.2, -0.15) is 0 Å². The van der Waals surface area contributed by atoms with Crippen LogP contribution in [0.15, 0.2) is 24.2 Å². The lowest BCUT2D eigenvalue weighted by molar-refractivity contribution is 0.00578. The smallest absolute Gasteiger partial charge is 0.399 e. The molecule has 0 unspecified atom stereocenters. The van der Waals surface area contributed by atoms with Crippen LogP contribution < -0.4 is 5.46 Å². The van der Waals surface area contributed by atoms with Crippen LogP contribution in [-0.2, 0) is 9.31 Å². The van der Waals surface area contributed by atoms with Crippen LogP contribution in [0.3, 0.4) is 0 Å². The van der Waals surface area contributed by atoms with Crippen molar-refractivity contribution in [2.24, 2.45) is 0 Å². The van der Waals surface area contributed by atoms with Crippen molar-refractivity contribution in [2.45, 2.75) is 57.5 Å². The molecule has 0 amide bonds. The van der Waals surface area contributed by atoms with E-state index in [-0.39, 0.29) is 5.46 Å². The van der Waals surface area contributed by atoms with Gasteiger partial charge in [-0.1, -0.05) is 24.2 Å². The van der Waals surface area contributed by atoms with Gasteiger partial charge in [-0.15, -0.1) is 0 Å². The first-order chi connectivity index (χ1) is 12.0. The monoisotopic (exact) mass is 253 g/mol. The Labute approximate surface area is 122 Å². The third-order valence-corrected chi connectivity index (χ3v) is 3.63. The lowest BCUT2D eigenvalue weighted by atomic mass is 9.78. The van der Waals surface area contributed by atoms with E-state index in [9.17, 15) is 0 Å². The highest BCUT2D eigenvalue weighted by molar-refractivity contribution is 6.62. The van der Waals surface area contributed by atoms with E-state index in [2.05, 4.69) is 0 Å². The van der Waals surface area contributed by atoms with Crippen molar-refractivity contribution in [3.05, 3.63) is 29.7 Å². The second-order valence-corrected chi connectivity index (χ2v) is 5.50. The molecule has 1 saturated carbocycles. The van der Waals surface area contributed by atoms with Gasteiger partial charge >= 0.3 is 7.12 Å². The number of hydrogen-bond donors (Lipinski definition) is 0. The maximum Gasteiger partial charge on any atom is 0.494 e. The molecule has 3 rings (SSSR count). The van der Waals surface area contributed by atoms with Crippen LogP contribution in [0.5, 0.6) is 0 Å². The van der Waals surface area contributed by atoms with E-state index in [0.717, 1.165) is 0 Å². The zero-order chi connectivity index (χ0) is 21.0. The van der Waals surface area contributed by atoms with Crippen molar-refractivity contribution >= 4 is 12.6 Å². The van der Waals surface area contributed by atoms with E-state index in [4.69, 9.17) is 21.6 Å². The molecule has 1 aromatic rings. The van der Waals surface area contributed by atoms with Gasteiger partial charge < -0.3 is 9.31 Å². The second-order valence-electron chi connectivity index (χ2n) is 5.50. The van der Waals surface area contributed by atoms with E-state index < -0.39 is 66.7 Å². The average Bonchev–Trinajstić information content (AvgIpc) is 2.70. The van der Waals surface area contributed by atoms with Gasteiger partial charge in [0.15, 0.2) is 0 Å². The van der Waals surface area contributed by atoms with Crippen LogP contribution in [-0.4, -0.2) is 18.3 Å². The molecule has 1 aliphatic carbocycles. The van der Waals surface area contributed by atoms with Gasteiger partial charge in [-0.3, -0.25) is 0 Å². The quantitative estimate of drug-likeness (QED) is 0.754. The third-order valence-electron chi connectivity index (χ3n) is 3.63. The summed E-state index contributed by atoms with van der Waals surface area (Å²) >= 11 is 0. The molecule has 2 nitrogen and oxygen atoms in total. The molecule has 96 valence electrons. The van der Waals surface area contributed by atoms with Crippen LogP contribution in [0.2, 0.25) is 0 Å². The first-order valence-corrected chi connectivity index (χ1v) is 5.92. The van der Waals surface area contributed by atoms with Crippen molar-refractivity contribution in [1.29, 1.82) is 0 Å². The molecule has 0 bridgehead atoms. The Morgan fingerprint density at radius 2 is 1.67 bits per heavy atom. The zero-order valence-electron chi connectivity index (χ0n) is 19.9. The minimum Gasteiger partial charge on any atom is -0.399 e. The molecular formula is C15H21BO2. The molecule has 18 heavy (non-hydrogen) atoms.